The first-order valence-electron chi connectivity index (χ1n) is 7.80. The first kappa shape index (κ1) is 14.6. The lowest BCUT2D eigenvalue weighted by atomic mass is 9.98. The fourth-order valence-electron chi connectivity index (χ4n) is 3.26. The van der Waals surface area contributed by atoms with E-state index < -0.39 is 0 Å². The van der Waals surface area contributed by atoms with Crippen LogP contribution in [0.5, 0.6) is 0 Å². The summed E-state index contributed by atoms with van der Waals surface area (Å²) in [5, 5.41) is 8.68. The standard InChI is InChI=1S/C17H22ClN3/c1-3-19-16(17-15(18)11-20-21(17)4-2)14-9-8-12-6-5-7-13(12)10-14/h8-11,16,19H,3-7H2,1-2H3. The summed E-state index contributed by atoms with van der Waals surface area (Å²) >= 11 is 6.40. The summed E-state index contributed by atoms with van der Waals surface area (Å²) in [5.41, 5.74) is 5.35. The molecule has 2 aromatic rings. The van der Waals surface area contributed by atoms with Crippen molar-refractivity contribution in [3.8, 4) is 0 Å². The SMILES string of the molecule is CCNC(c1ccc2c(c1)CCC2)c1c(Cl)cnn1CC. The minimum absolute atomic E-state index is 0.107. The molecule has 1 aromatic carbocycles. The summed E-state index contributed by atoms with van der Waals surface area (Å²) in [6.07, 6.45) is 5.44. The van der Waals surface area contributed by atoms with E-state index >= 15 is 0 Å². The molecule has 0 amide bonds. The van der Waals surface area contributed by atoms with Gasteiger partial charge in [-0.1, -0.05) is 36.7 Å². The lowest BCUT2D eigenvalue weighted by molar-refractivity contribution is 0.542. The fraction of sp³-hybridized carbons (Fsp3) is 0.471. The van der Waals surface area contributed by atoms with Gasteiger partial charge in [0.25, 0.3) is 0 Å². The van der Waals surface area contributed by atoms with Crippen molar-refractivity contribution < 1.29 is 0 Å². The number of hydrogen-bond acceptors (Lipinski definition) is 2. The molecule has 21 heavy (non-hydrogen) atoms. The average molecular weight is 304 g/mol. The van der Waals surface area contributed by atoms with Crippen molar-refractivity contribution in [2.45, 2.75) is 45.7 Å². The summed E-state index contributed by atoms with van der Waals surface area (Å²) in [5.74, 6) is 0. The Kier molecular flexibility index (Phi) is 4.32. The highest BCUT2D eigenvalue weighted by molar-refractivity contribution is 6.31. The first-order valence-corrected chi connectivity index (χ1v) is 8.18. The Bertz CT molecular complexity index is 633. The van der Waals surface area contributed by atoms with Gasteiger partial charge in [0.1, 0.15) is 0 Å². The lowest BCUT2D eigenvalue weighted by Gasteiger charge is -2.21. The van der Waals surface area contributed by atoms with Gasteiger partial charge >= 0.3 is 0 Å². The molecule has 1 aliphatic carbocycles. The molecule has 0 bridgehead atoms. The van der Waals surface area contributed by atoms with Gasteiger partial charge in [-0.05, 0) is 49.4 Å². The molecular formula is C17H22ClN3. The number of aryl methyl sites for hydroxylation is 3. The Balaban J connectivity index is 2.03. The van der Waals surface area contributed by atoms with Crippen LogP contribution in [0.3, 0.4) is 0 Å². The van der Waals surface area contributed by atoms with E-state index in [9.17, 15) is 0 Å². The Labute approximate surface area is 131 Å². The molecule has 1 N–H and O–H groups in total. The average Bonchev–Trinajstić information content (AvgIpc) is 3.10. The van der Waals surface area contributed by atoms with Gasteiger partial charge in [-0.2, -0.15) is 5.10 Å². The van der Waals surface area contributed by atoms with E-state index in [0.717, 1.165) is 23.8 Å². The second-order valence-electron chi connectivity index (χ2n) is 5.57. The van der Waals surface area contributed by atoms with Crippen molar-refractivity contribution in [2.24, 2.45) is 0 Å². The quantitative estimate of drug-likeness (QED) is 0.912. The molecule has 0 saturated carbocycles. The second kappa shape index (κ2) is 6.20. The molecule has 0 fully saturated rings. The smallest absolute Gasteiger partial charge is 0.0837 e. The normalized spacial score (nSPS) is 15.2. The summed E-state index contributed by atoms with van der Waals surface area (Å²) in [4.78, 5) is 0. The van der Waals surface area contributed by atoms with E-state index in [1.54, 1.807) is 6.20 Å². The van der Waals surface area contributed by atoms with Crippen molar-refractivity contribution in [1.82, 2.24) is 15.1 Å². The van der Waals surface area contributed by atoms with Crippen LogP contribution in [0, 0.1) is 0 Å². The van der Waals surface area contributed by atoms with Crippen LogP contribution in [-0.4, -0.2) is 16.3 Å². The molecule has 0 aliphatic heterocycles. The topological polar surface area (TPSA) is 29.9 Å². The molecule has 0 radical (unpaired) electrons. The van der Waals surface area contributed by atoms with E-state index in [1.807, 2.05) is 4.68 Å². The van der Waals surface area contributed by atoms with E-state index in [1.165, 1.54) is 36.0 Å². The van der Waals surface area contributed by atoms with Gasteiger partial charge in [-0.15, -0.1) is 0 Å². The molecule has 112 valence electrons. The lowest BCUT2D eigenvalue weighted by Crippen LogP contribution is -2.25. The monoisotopic (exact) mass is 303 g/mol. The van der Waals surface area contributed by atoms with Crippen LogP contribution in [0.2, 0.25) is 5.02 Å². The fourth-order valence-corrected chi connectivity index (χ4v) is 3.51. The van der Waals surface area contributed by atoms with Crippen molar-refractivity contribution in [3.05, 3.63) is 51.8 Å². The van der Waals surface area contributed by atoms with Crippen LogP contribution in [0.4, 0.5) is 0 Å². The highest BCUT2D eigenvalue weighted by atomic mass is 35.5. The Hall–Kier alpha value is -1.32. The second-order valence-corrected chi connectivity index (χ2v) is 5.97. The third-order valence-electron chi connectivity index (χ3n) is 4.27. The molecule has 1 aliphatic rings. The molecule has 3 nitrogen and oxygen atoms in total. The minimum Gasteiger partial charge on any atom is -0.305 e. The van der Waals surface area contributed by atoms with Crippen LogP contribution in [-0.2, 0) is 19.4 Å². The predicted octanol–water partition coefficient (Wildman–Crippen LogP) is 3.74. The van der Waals surface area contributed by atoms with Crippen LogP contribution >= 0.6 is 11.6 Å². The number of nitrogens with zero attached hydrogens (tertiary/aromatic N) is 2. The molecule has 4 heteroatoms. The largest absolute Gasteiger partial charge is 0.305 e. The number of hydrogen-bond donors (Lipinski definition) is 1. The summed E-state index contributed by atoms with van der Waals surface area (Å²) in [7, 11) is 0. The maximum absolute atomic E-state index is 6.40. The maximum atomic E-state index is 6.40. The van der Waals surface area contributed by atoms with Gasteiger partial charge in [0, 0.05) is 6.54 Å². The van der Waals surface area contributed by atoms with Crippen molar-refractivity contribution in [1.29, 1.82) is 0 Å². The molecule has 0 saturated heterocycles. The Morgan fingerprint density at radius 3 is 2.86 bits per heavy atom. The predicted molar refractivity (Wildman–Crippen MR) is 86.9 cm³/mol. The van der Waals surface area contributed by atoms with Crippen LogP contribution in [0.15, 0.2) is 24.4 Å². The van der Waals surface area contributed by atoms with Crippen LogP contribution in [0.1, 0.15) is 48.7 Å². The molecule has 1 aromatic heterocycles. The Morgan fingerprint density at radius 1 is 1.29 bits per heavy atom. The molecule has 1 heterocycles. The number of aromatic nitrogens is 2. The Morgan fingerprint density at radius 2 is 2.10 bits per heavy atom. The minimum atomic E-state index is 0.107. The van der Waals surface area contributed by atoms with E-state index in [0.29, 0.717) is 0 Å². The maximum Gasteiger partial charge on any atom is 0.0837 e. The van der Waals surface area contributed by atoms with Gasteiger partial charge in [0.2, 0.25) is 0 Å². The van der Waals surface area contributed by atoms with Gasteiger partial charge in [0.15, 0.2) is 0 Å². The highest BCUT2D eigenvalue weighted by Gasteiger charge is 2.22. The zero-order valence-corrected chi connectivity index (χ0v) is 13.5. The molecule has 1 atom stereocenters. The highest BCUT2D eigenvalue weighted by Crippen LogP contribution is 2.31. The van der Waals surface area contributed by atoms with E-state index in [-0.39, 0.29) is 6.04 Å². The number of rotatable bonds is 5. The van der Waals surface area contributed by atoms with Crippen LogP contribution in [0.25, 0.3) is 0 Å². The van der Waals surface area contributed by atoms with Crippen molar-refractivity contribution in [3.63, 3.8) is 0 Å². The molecule has 0 spiro atoms. The summed E-state index contributed by atoms with van der Waals surface area (Å²) in [6.45, 7) is 5.95. The third kappa shape index (κ3) is 2.72. The van der Waals surface area contributed by atoms with E-state index in [4.69, 9.17) is 11.6 Å². The van der Waals surface area contributed by atoms with Gasteiger partial charge in [0.05, 0.1) is 23.0 Å². The molecular weight excluding hydrogens is 282 g/mol. The number of halogens is 1. The van der Waals surface area contributed by atoms with Crippen LogP contribution < -0.4 is 5.32 Å². The number of nitrogens with one attached hydrogen (secondary N) is 1. The molecule has 1 unspecified atom stereocenters. The van der Waals surface area contributed by atoms with Crippen molar-refractivity contribution >= 4 is 11.6 Å². The zero-order valence-electron chi connectivity index (χ0n) is 12.7. The van der Waals surface area contributed by atoms with E-state index in [2.05, 4.69) is 42.5 Å². The van der Waals surface area contributed by atoms with Gasteiger partial charge in [-0.3, -0.25) is 4.68 Å². The zero-order chi connectivity index (χ0) is 14.8. The van der Waals surface area contributed by atoms with Gasteiger partial charge < -0.3 is 5.32 Å². The number of benzene rings is 1. The summed E-state index contributed by atoms with van der Waals surface area (Å²) in [6, 6.07) is 6.97. The third-order valence-corrected chi connectivity index (χ3v) is 4.56. The summed E-state index contributed by atoms with van der Waals surface area (Å²) < 4.78 is 1.99. The van der Waals surface area contributed by atoms with Crippen molar-refractivity contribution in [2.75, 3.05) is 6.54 Å². The number of fused-ring (bicyclic) bond motifs is 1. The van der Waals surface area contributed by atoms with Gasteiger partial charge in [-0.25, -0.2) is 0 Å². The first-order chi connectivity index (χ1) is 10.2. The molecule has 3 rings (SSSR count).